The molecule has 29 heavy (non-hydrogen) atoms. The lowest BCUT2D eigenvalue weighted by Gasteiger charge is -2.46. The second-order valence-corrected chi connectivity index (χ2v) is 8.14. The van der Waals surface area contributed by atoms with E-state index in [-0.39, 0.29) is 18.0 Å². The van der Waals surface area contributed by atoms with Crippen molar-refractivity contribution < 1.29 is 24.1 Å². The zero-order chi connectivity index (χ0) is 20.6. The second-order valence-electron chi connectivity index (χ2n) is 8.14. The number of rotatable bonds is 5. The first-order valence-electron chi connectivity index (χ1n) is 10.2. The number of ether oxygens (including phenoxy) is 3. The average Bonchev–Trinajstić information content (AvgIpc) is 2.75. The molecular weight excluding hydrogens is 368 g/mol. The van der Waals surface area contributed by atoms with Crippen LogP contribution in [-0.4, -0.2) is 30.7 Å². The zero-order valence-corrected chi connectivity index (χ0v) is 17.3. The van der Waals surface area contributed by atoms with Gasteiger partial charge in [0.15, 0.2) is 0 Å². The highest BCUT2D eigenvalue weighted by molar-refractivity contribution is 6.13. The zero-order valence-electron chi connectivity index (χ0n) is 17.3. The fourth-order valence-corrected chi connectivity index (χ4v) is 4.94. The molecule has 5 heteroatoms. The molecule has 154 valence electrons. The van der Waals surface area contributed by atoms with Gasteiger partial charge in [-0.2, -0.15) is 0 Å². The first kappa shape index (κ1) is 19.8. The Kier molecular flexibility index (Phi) is 5.26. The standard InChI is InChI=1S/C24H28O5/c1-24-12-8-7-11-16(24)13-17-21(29-24)18(14-25)23(28-3)19(22(17)27-2)20(26)15-9-5-4-6-10-15/h4-6,9-10,16,25H,7-8,11-14H2,1-3H3. The predicted molar refractivity (Wildman–Crippen MR) is 110 cm³/mol. The average molecular weight is 396 g/mol. The van der Waals surface area contributed by atoms with Gasteiger partial charge in [0.2, 0.25) is 5.78 Å². The van der Waals surface area contributed by atoms with Crippen LogP contribution >= 0.6 is 0 Å². The Labute approximate surface area is 171 Å². The minimum Gasteiger partial charge on any atom is -0.495 e. The lowest BCUT2D eigenvalue weighted by molar-refractivity contribution is -0.0239. The van der Waals surface area contributed by atoms with Crippen LogP contribution in [0.3, 0.4) is 0 Å². The van der Waals surface area contributed by atoms with Gasteiger partial charge in [0.1, 0.15) is 28.4 Å². The summed E-state index contributed by atoms with van der Waals surface area (Å²) < 4.78 is 18.0. The summed E-state index contributed by atoms with van der Waals surface area (Å²) in [5.74, 6) is 1.61. The van der Waals surface area contributed by atoms with Crippen LogP contribution < -0.4 is 14.2 Å². The molecule has 5 nitrogen and oxygen atoms in total. The first-order valence-corrected chi connectivity index (χ1v) is 10.2. The largest absolute Gasteiger partial charge is 0.495 e. The smallest absolute Gasteiger partial charge is 0.200 e. The molecule has 0 radical (unpaired) electrons. The van der Waals surface area contributed by atoms with E-state index in [1.165, 1.54) is 13.5 Å². The second kappa shape index (κ2) is 7.71. The van der Waals surface area contributed by atoms with Crippen molar-refractivity contribution in [1.82, 2.24) is 0 Å². The van der Waals surface area contributed by atoms with Crippen LogP contribution in [0.1, 0.15) is 59.7 Å². The van der Waals surface area contributed by atoms with Crippen molar-refractivity contribution in [2.75, 3.05) is 14.2 Å². The van der Waals surface area contributed by atoms with Gasteiger partial charge in [-0.3, -0.25) is 4.79 Å². The third kappa shape index (κ3) is 3.18. The highest BCUT2D eigenvalue weighted by Crippen LogP contribution is 2.53. The fraction of sp³-hybridized carbons (Fsp3) is 0.458. The summed E-state index contributed by atoms with van der Waals surface area (Å²) in [7, 11) is 3.08. The molecule has 2 aliphatic rings. The van der Waals surface area contributed by atoms with E-state index < -0.39 is 0 Å². The van der Waals surface area contributed by atoms with Gasteiger partial charge in [0, 0.05) is 17.0 Å². The van der Waals surface area contributed by atoms with Gasteiger partial charge in [0.25, 0.3) is 0 Å². The molecule has 1 aliphatic heterocycles. The molecule has 0 spiro atoms. The Balaban J connectivity index is 1.95. The third-order valence-electron chi connectivity index (χ3n) is 6.50. The van der Waals surface area contributed by atoms with Crippen LogP contribution in [0.2, 0.25) is 0 Å². The molecule has 1 saturated carbocycles. The van der Waals surface area contributed by atoms with Crippen molar-refractivity contribution in [2.45, 2.75) is 51.2 Å². The number of benzene rings is 2. The summed E-state index contributed by atoms with van der Waals surface area (Å²) in [6.45, 7) is 1.88. The maximum Gasteiger partial charge on any atom is 0.200 e. The van der Waals surface area contributed by atoms with Crippen LogP contribution in [-0.2, 0) is 13.0 Å². The van der Waals surface area contributed by atoms with Gasteiger partial charge in [-0.05, 0) is 32.6 Å². The van der Waals surface area contributed by atoms with E-state index in [0.717, 1.165) is 31.2 Å². The topological polar surface area (TPSA) is 65.0 Å². The van der Waals surface area contributed by atoms with Crippen molar-refractivity contribution in [2.24, 2.45) is 5.92 Å². The van der Waals surface area contributed by atoms with E-state index in [0.29, 0.717) is 39.9 Å². The molecule has 4 rings (SSSR count). The number of carbonyl (C=O) groups excluding carboxylic acids is 1. The molecule has 0 bridgehead atoms. The first-order chi connectivity index (χ1) is 14.0. The van der Waals surface area contributed by atoms with Crippen molar-refractivity contribution in [3.05, 3.63) is 52.6 Å². The molecule has 1 aliphatic carbocycles. The molecule has 2 unspecified atom stereocenters. The summed E-state index contributed by atoms with van der Waals surface area (Å²) in [6, 6.07) is 9.07. The number of methoxy groups -OCH3 is 2. The number of carbonyl (C=O) groups is 1. The summed E-state index contributed by atoms with van der Waals surface area (Å²) in [4.78, 5) is 13.4. The maximum absolute atomic E-state index is 13.4. The number of aliphatic hydroxyl groups is 1. The Bertz CT molecular complexity index is 921. The van der Waals surface area contributed by atoms with E-state index in [2.05, 4.69) is 6.92 Å². The lowest BCUT2D eigenvalue weighted by atomic mass is 9.71. The van der Waals surface area contributed by atoms with E-state index in [1.807, 2.05) is 18.2 Å². The van der Waals surface area contributed by atoms with Crippen LogP contribution in [0, 0.1) is 5.92 Å². The monoisotopic (exact) mass is 396 g/mol. The highest BCUT2D eigenvalue weighted by atomic mass is 16.5. The van der Waals surface area contributed by atoms with Crippen LogP contribution in [0.5, 0.6) is 17.2 Å². The lowest BCUT2D eigenvalue weighted by Crippen LogP contribution is -2.47. The van der Waals surface area contributed by atoms with Gasteiger partial charge in [0.05, 0.1) is 26.4 Å². The Morgan fingerprint density at radius 1 is 1.17 bits per heavy atom. The van der Waals surface area contributed by atoms with E-state index in [9.17, 15) is 9.90 Å². The van der Waals surface area contributed by atoms with Gasteiger partial charge in [-0.15, -0.1) is 0 Å². The van der Waals surface area contributed by atoms with Crippen LogP contribution in [0.15, 0.2) is 30.3 Å². The Hall–Kier alpha value is -2.53. The molecule has 2 aromatic carbocycles. The van der Waals surface area contributed by atoms with Gasteiger partial charge >= 0.3 is 0 Å². The molecule has 0 saturated heterocycles. The highest BCUT2D eigenvalue weighted by Gasteiger charge is 2.45. The number of hydrogen-bond donors (Lipinski definition) is 1. The minimum atomic E-state index is -0.273. The number of fused-ring (bicyclic) bond motifs is 2. The summed E-state index contributed by atoms with van der Waals surface area (Å²) in [5, 5.41) is 10.2. The van der Waals surface area contributed by atoms with E-state index in [1.54, 1.807) is 19.2 Å². The molecule has 1 N–H and O–H groups in total. The Morgan fingerprint density at radius 3 is 2.55 bits per heavy atom. The van der Waals surface area contributed by atoms with Gasteiger partial charge < -0.3 is 19.3 Å². The molecule has 0 amide bonds. The predicted octanol–water partition coefficient (Wildman–Crippen LogP) is 4.31. The number of aliphatic hydroxyl groups excluding tert-OH is 1. The molecule has 1 fully saturated rings. The molecule has 2 atom stereocenters. The number of hydrogen-bond acceptors (Lipinski definition) is 5. The molecule has 2 aromatic rings. The van der Waals surface area contributed by atoms with E-state index >= 15 is 0 Å². The number of ketones is 1. The van der Waals surface area contributed by atoms with E-state index in [4.69, 9.17) is 14.2 Å². The molecule has 0 aromatic heterocycles. The molecule has 1 heterocycles. The van der Waals surface area contributed by atoms with Crippen LogP contribution in [0.4, 0.5) is 0 Å². The van der Waals surface area contributed by atoms with Crippen molar-refractivity contribution >= 4 is 5.78 Å². The maximum atomic E-state index is 13.4. The minimum absolute atomic E-state index is 0.186. The van der Waals surface area contributed by atoms with Crippen molar-refractivity contribution in [1.29, 1.82) is 0 Å². The molecular formula is C24H28O5. The fourth-order valence-electron chi connectivity index (χ4n) is 4.94. The van der Waals surface area contributed by atoms with Crippen molar-refractivity contribution in [3.63, 3.8) is 0 Å². The van der Waals surface area contributed by atoms with Gasteiger partial charge in [-0.1, -0.05) is 36.8 Å². The van der Waals surface area contributed by atoms with Crippen molar-refractivity contribution in [3.8, 4) is 17.2 Å². The Morgan fingerprint density at radius 2 is 1.90 bits per heavy atom. The quantitative estimate of drug-likeness (QED) is 0.763. The van der Waals surface area contributed by atoms with Gasteiger partial charge in [-0.25, -0.2) is 0 Å². The summed E-state index contributed by atoms with van der Waals surface area (Å²) >= 11 is 0. The summed E-state index contributed by atoms with van der Waals surface area (Å²) in [6.07, 6.45) is 5.15. The SMILES string of the molecule is COc1c(CO)c2c(c(OC)c1C(=O)c1ccccc1)CC1CCCCC1(C)O2. The van der Waals surface area contributed by atoms with Crippen LogP contribution in [0.25, 0.3) is 0 Å². The summed E-state index contributed by atoms with van der Waals surface area (Å²) in [5.41, 5.74) is 2.02. The third-order valence-corrected chi connectivity index (χ3v) is 6.50. The normalized spacial score (nSPS) is 22.8.